The van der Waals surface area contributed by atoms with Gasteiger partial charge >= 0.3 is 0 Å². The van der Waals surface area contributed by atoms with Crippen LogP contribution in [0.2, 0.25) is 5.02 Å². The fraction of sp³-hybridized carbons (Fsp3) is 0.625. The number of piperazine rings is 1. The molecule has 1 saturated heterocycles. The van der Waals surface area contributed by atoms with Gasteiger partial charge in [0.1, 0.15) is 5.82 Å². The Morgan fingerprint density at radius 1 is 1.24 bits per heavy atom. The minimum atomic E-state index is -0.252. The summed E-state index contributed by atoms with van der Waals surface area (Å²) in [6.45, 7) is 5.56. The van der Waals surface area contributed by atoms with Crippen LogP contribution in [0.3, 0.4) is 0 Å². The predicted molar refractivity (Wildman–Crippen MR) is 83.9 cm³/mol. The lowest BCUT2D eigenvalue weighted by molar-refractivity contribution is 0.0942. The number of hydrogen-bond donors (Lipinski definition) is 1. The normalized spacial score (nSPS) is 22.4. The van der Waals surface area contributed by atoms with Crippen LogP contribution in [-0.2, 0) is 0 Å². The molecule has 5 heteroatoms. The summed E-state index contributed by atoms with van der Waals surface area (Å²) in [6.07, 6.45) is 2.77. The number of nitrogens with zero attached hydrogens (tertiary/aromatic N) is 2. The highest BCUT2D eigenvalue weighted by Crippen LogP contribution is 2.32. The first kappa shape index (κ1) is 15.2. The molecule has 2 N–H and O–H groups in total. The van der Waals surface area contributed by atoms with E-state index in [2.05, 4.69) is 9.80 Å². The van der Waals surface area contributed by atoms with Crippen LogP contribution in [-0.4, -0.2) is 49.1 Å². The molecule has 0 radical (unpaired) electrons. The Labute approximate surface area is 130 Å². The lowest BCUT2D eigenvalue weighted by Crippen LogP contribution is -2.49. The van der Waals surface area contributed by atoms with Gasteiger partial charge in [0, 0.05) is 49.9 Å². The van der Waals surface area contributed by atoms with E-state index in [0.29, 0.717) is 17.1 Å². The molecule has 116 valence electrons. The van der Waals surface area contributed by atoms with Gasteiger partial charge in [-0.15, -0.1) is 0 Å². The zero-order valence-electron chi connectivity index (χ0n) is 12.3. The van der Waals surface area contributed by atoms with Crippen molar-refractivity contribution in [1.29, 1.82) is 0 Å². The van der Waals surface area contributed by atoms with Crippen molar-refractivity contribution in [3.63, 3.8) is 0 Å². The maximum absolute atomic E-state index is 14.1. The fourth-order valence-corrected chi connectivity index (χ4v) is 3.49. The maximum atomic E-state index is 14.1. The number of halogens is 2. The number of nitrogens with two attached hydrogens (primary N) is 1. The highest BCUT2D eigenvalue weighted by Gasteiger charge is 2.30. The highest BCUT2D eigenvalue weighted by molar-refractivity contribution is 6.31. The van der Waals surface area contributed by atoms with E-state index >= 15 is 0 Å². The van der Waals surface area contributed by atoms with E-state index < -0.39 is 0 Å². The molecule has 0 amide bonds. The molecule has 1 aromatic rings. The van der Waals surface area contributed by atoms with Crippen LogP contribution in [0.5, 0.6) is 0 Å². The van der Waals surface area contributed by atoms with Crippen molar-refractivity contribution >= 4 is 11.6 Å². The van der Waals surface area contributed by atoms with E-state index in [1.165, 1.54) is 25.5 Å². The third-order valence-corrected chi connectivity index (χ3v) is 4.95. The van der Waals surface area contributed by atoms with Gasteiger partial charge < -0.3 is 10.6 Å². The molecule has 21 heavy (non-hydrogen) atoms. The van der Waals surface area contributed by atoms with E-state index in [-0.39, 0.29) is 11.9 Å². The Morgan fingerprint density at radius 3 is 2.52 bits per heavy atom. The summed E-state index contributed by atoms with van der Waals surface area (Å²) in [5.41, 5.74) is 6.47. The summed E-state index contributed by atoms with van der Waals surface area (Å²) in [5, 5.41) is 0.478. The lowest BCUT2D eigenvalue weighted by atomic mass is 10.0. The molecule has 1 atom stereocenters. The topological polar surface area (TPSA) is 32.5 Å². The average molecular weight is 312 g/mol. The summed E-state index contributed by atoms with van der Waals surface area (Å²) in [6, 6.07) is 4.73. The van der Waals surface area contributed by atoms with Crippen LogP contribution < -0.4 is 5.73 Å². The van der Waals surface area contributed by atoms with Crippen molar-refractivity contribution in [2.75, 3.05) is 39.3 Å². The molecule has 1 aliphatic carbocycles. The SMILES string of the molecule is NCC(c1c(F)cccc1Cl)N1CCN(CC2CC2)CC1. The largest absolute Gasteiger partial charge is 0.329 e. The summed E-state index contributed by atoms with van der Waals surface area (Å²) < 4.78 is 14.1. The van der Waals surface area contributed by atoms with Gasteiger partial charge in [0.15, 0.2) is 0 Å². The standard InChI is InChI=1S/C16H23ClFN3/c17-13-2-1-3-14(18)16(13)15(10-19)21-8-6-20(7-9-21)11-12-4-5-12/h1-3,12,15H,4-11,19H2. The molecule has 1 aliphatic heterocycles. The Morgan fingerprint density at radius 2 is 1.95 bits per heavy atom. The van der Waals surface area contributed by atoms with Crippen molar-refractivity contribution in [3.05, 3.63) is 34.6 Å². The molecule has 3 nitrogen and oxygen atoms in total. The third kappa shape index (κ3) is 3.57. The van der Waals surface area contributed by atoms with Gasteiger partial charge in [-0.3, -0.25) is 4.90 Å². The Bertz CT molecular complexity index is 464. The quantitative estimate of drug-likeness (QED) is 0.907. The van der Waals surface area contributed by atoms with Crippen LogP contribution in [0.4, 0.5) is 4.39 Å². The summed E-state index contributed by atoms with van der Waals surface area (Å²) >= 11 is 6.20. The maximum Gasteiger partial charge on any atom is 0.129 e. The van der Waals surface area contributed by atoms with Gasteiger partial charge in [0.2, 0.25) is 0 Å². The van der Waals surface area contributed by atoms with Crippen molar-refractivity contribution < 1.29 is 4.39 Å². The number of benzene rings is 1. The lowest BCUT2D eigenvalue weighted by Gasteiger charge is -2.39. The van der Waals surface area contributed by atoms with Crippen LogP contribution >= 0.6 is 11.6 Å². The minimum Gasteiger partial charge on any atom is -0.329 e. The Kier molecular flexibility index (Phi) is 4.79. The van der Waals surface area contributed by atoms with Crippen LogP contribution in [0.25, 0.3) is 0 Å². The molecule has 1 heterocycles. The van der Waals surface area contributed by atoms with Gasteiger partial charge in [0.25, 0.3) is 0 Å². The van der Waals surface area contributed by atoms with Gasteiger partial charge in [0.05, 0.1) is 6.04 Å². The molecule has 1 unspecified atom stereocenters. The zero-order valence-corrected chi connectivity index (χ0v) is 13.0. The first-order chi connectivity index (χ1) is 10.2. The Hall–Kier alpha value is -0.680. The summed E-state index contributed by atoms with van der Waals surface area (Å²) in [7, 11) is 0. The zero-order chi connectivity index (χ0) is 14.8. The van der Waals surface area contributed by atoms with Crippen LogP contribution in [0.1, 0.15) is 24.4 Å². The summed E-state index contributed by atoms with van der Waals surface area (Å²) in [4.78, 5) is 4.79. The molecule has 2 fully saturated rings. The molecule has 1 aromatic carbocycles. The fourth-order valence-electron chi connectivity index (χ4n) is 3.20. The van der Waals surface area contributed by atoms with Gasteiger partial charge in [-0.25, -0.2) is 4.39 Å². The van der Waals surface area contributed by atoms with E-state index in [9.17, 15) is 4.39 Å². The van der Waals surface area contributed by atoms with E-state index in [1.54, 1.807) is 12.1 Å². The second kappa shape index (κ2) is 6.61. The van der Waals surface area contributed by atoms with Gasteiger partial charge in [-0.2, -0.15) is 0 Å². The first-order valence-electron chi connectivity index (χ1n) is 7.79. The number of rotatable bonds is 5. The Balaban J connectivity index is 1.66. The van der Waals surface area contributed by atoms with Crippen molar-refractivity contribution in [2.24, 2.45) is 11.7 Å². The highest BCUT2D eigenvalue weighted by atomic mass is 35.5. The van der Waals surface area contributed by atoms with Crippen molar-refractivity contribution in [2.45, 2.75) is 18.9 Å². The van der Waals surface area contributed by atoms with Gasteiger partial charge in [-0.05, 0) is 30.9 Å². The van der Waals surface area contributed by atoms with Crippen molar-refractivity contribution in [3.8, 4) is 0 Å². The molecule has 0 aromatic heterocycles. The van der Waals surface area contributed by atoms with E-state index in [4.69, 9.17) is 17.3 Å². The summed E-state index contributed by atoms with van der Waals surface area (Å²) in [5.74, 6) is 0.668. The second-order valence-electron chi connectivity index (χ2n) is 6.17. The molecule has 2 aliphatic rings. The molecule has 0 bridgehead atoms. The van der Waals surface area contributed by atoms with Gasteiger partial charge in [-0.1, -0.05) is 17.7 Å². The first-order valence-corrected chi connectivity index (χ1v) is 8.17. The molecule has 1 saturated carbocycles. The molecule has 0 spiro atoms. The smallest absolute Gasteiger partial charge is 0.129 e. The van der Waals surface area contributed by atoms with Crippen molar-refractivity contribution in [1.82, 2.24) is 9.80 Å². The average Bonchev–Trinajstić information content (AvgIpc) is 3.28. The molecule has 3 rings (SSSR count). The number of hydrogen-bond acceptors (Lipinski definition) is 3. The van der Waals surface area contributed by atoms with E-state index in [0.717, 1.165) is 32.1 Å². The molecular formula is C16H23ClFN3. The third-order valence-electron chi connectivity index (χ3n) is 4.62. The minimum absolute atomic E-state index is 0.123. The van der Waals surface area contributed by atoms with Crippen LogP contribution in [0.15, 0.2) is 18.2 Å². The van der Waals surface area contributed by atoms with Crippen LogP contribution in [0, 0.1) is 11.7 Å². The monoisotopic (exact) mass is 311 g/mol. The molecular weight excluding hydrogens is 289 g/mol. The van der Waals surface area contributed by atoms with E-state index in [1.807, 2.05) is 0 Å². The second-order valence-corrected chi connectivity index (χ2v) is 6.57. The predicted octanol–water partition coefficient (Wildman–Crippen LogP) is 2.51.